The summed E-state index contributed by atoms with van der Waals surface area (Å²) >= 11 is 0. The van der Waals surface area contributed by atoms with Crippen molar-refractivity contribution in [3.05, 3.63) is 65.7 Å². The molecule has 0 aliphatic carbocycles. The van der Waals surface area contributed by atoms with Gasteiger partial charge in [-0.15, -0.1) is 0 Å². The molecule has 2 aromatic rings. The third kappa shape index (κ3) is 7.38. The van der Waals surface area contributed by atoms with E-state index in [4.69, 9.17) is 0 Å². The number of carbonyl (C=O) groups excluding carboxylic acids is 1. The summed E-state index contributed by atoms with van der Waals surface area (Å²) in [6, 6.07) is 17.7. The van der Waals surface area contributed by atoms with E-state index < -0.39 is 10.0 Å². The maximum Gasteiger partial charge on any atom is 0.243 e. The molecule has 0 bridgehead atoms. The Kier molecular flexibility index (Phi) is 8.98. The molecule has 2 aromatic carbocycles. The molecule has 2 aliphatic rings. The standard InChI is InChI=1S/C28H39N3O3S/c1-23-7-9-27(10-8-23)35(33,34)31-18-13-26(14-19-31)22-28(32)29-15-20-30-16-11-25(12-17-30)21-24-5-3-2-4-6-24/h2-10,25-26H,11-22H2,1H3,(H,29,32). The number of hydrogen-bond donors (Lipinski definition) is 1. The number of sulfonamides is 1. The molecule has 1 amide bonds. The molecule has 2 saturated heterocycles. The van der Waals surface area contributed by atoms with Crippen LogP contribution in [0.1, 0.15) is 43.2 Å². The molecule has 2 heterocycles. The topological polar surface area (TPSA) is 69.7 Å². The number of nitrogens with zero attached hydrogens (tertiary/aromatic N) is 2. The quantitative estimate of drug-likeness (QED) is 0.571. The van der Waals surface area contributed by atoms with E-state index in [0.29, 0.717) is 31.0 Å². The van der Waals surface area contributed by atoms with Crippen molar-refractivity contribution < 1.29 is 13.2 Å². The molecule has 0 spiro atoms. The lowest BCUT2D eigenvalue weighted by atomic mass is 9.90. The molecule has 0 unspecified atom stereocenters. The highest BCUT2D eigenvalue weighted by Gasteiger charge is 2.30. The summed E-state index contributed by atoms with van der Waals surface area (Å²) in [4.78, 5) is 15.3. The third-order valence-electron chi connectivity index (χ3n) is 7.53. The van der Waals surface area contributed by atoms with Gasteiger partial charge in [-0.3, -0.25) is 4.79 Å². The van der Waals surface area contributed by atoms with Crippen molar-refractivity contribution in [3.8, 4) is 0 Å². The Morgan fingerprint density at radius 2 is 1.51 bits per heavy atom. The molecule has 1 N–H and O–H groups in total. The fourth-order valence-electron chi connectivity index (χ4n) is 5.26. The Hall–Kier alpha value is -2.22. The zero-order valence-electron chi connectivity index (χ0n) is 20.9. The van der Waals surface area contributed by atoms with Crippen LogP contribution in [-0.4, -0.2) is 62.8 Å². The molecule has 0 radical (unpaired) electrons. The van der Waals surface area contributed by atoms with E-state index in [-0.39, 0.29) is 11.8 Å². The molecule has 7 heteroatoms. The number of hydrogen-bond acceptors (Lipinski definition) is 4. The molecule has 0 aromatic heterocycles. The highest BCUT2D eigenvalue weighted by Crippen LogP contribution is 2.26. The van der Waals surface area contributed by atoms with Gasteiger partial charge in [-0.25, -0.2) is 8.42 Å². The average molecular weight is 498 g/mol. The molecule has 0 atom stereocenters. The third-order valence-corrected chi connectivity index (χ3v) is 9.44. The molecular weight excluding hydrogens is 458 g/mol. The van der Waals surface area contributed by atoms with Gasteiger partial charge in [0.05, 0.1) is 4.90 Å². The largest absolute Gasteiger partial charge is 0.355 e. The smallest absolute Gasteiger partial charge is 0.243 e. The summed E-state index contributed by atoms with van der Waals surface area (Å²) in [5, 5.41) is 3.09. The summed E-state index contributed by atoms with van der Waals surface area (Å²) < 4.78 is 27.3. The van der Waals surface area contributed by atoms with E-state index in [1.165, 1.54) is 18.4 Å². The number of piperidine rings is 2. The normalized spacial score (nSPS) is 19.0. The van der Waals surface area contributed by atoms with Gasteiger partial charge in [-0.1, -0.05) is 48.0 Å². The van der Waals surface area contributed by atoms with Crippen LogP contribution in [0.5, 0.6) is 0 Å². The van der Waals surface area contributed by atoms with E-state index in [0.717, 1.165) is 50.4 Å². The second-order valence-electron chi connectivity index (χ2n) is 10.2. The molecule has 4 rings (SSSR count). The van der Waals surface area contributed by atoms with Gasteiger partial charge in [0.1, 0.15) is 0 Å². The molecule has 0 saturated carbocycles. The fraction of sp³-hybridized carbons (Fsp3) is 0.536. The van der Waals surface area contributed by atoms with E-state index in [1.54, 1.807) is 16.4 Å². The summed E-state index contributed by atoms with van der Waals surface area (Å²) in [5.74, 6) is 1.08. The van der Waals surface area contributed by atoms with Crippen LogP contribution in [0.25, 0.3) is 0 Å². The van der Waals surface area contributed by atoms with Crippen LogP contribution in [0.4, 0.5) is 0 Å². The number of carbonyl (C=O) groups is 1. The first-order chi connectivity index (χ1) is 16.9. The molecule has 2 aliphatic heterocycles. The Bertz CT molecular complexity index is 1040. The second kappa shape index (κ2) is 12.2. The van der Waals surface area contributed by atoms with Gasteiger partial charge in [0.15, 0.2) is 0 Å². The van der Waals surface area contributed by atoms with Gasteiger partial charge in [0, 0.05) is 32.6 Å². The minimum absolute atomic E-state index is 0.0869. The second-order valence-corrected chi connectivity index (χ2v) is 12.1. The lowest BCUT2D eigenvalue weighted by Crippen LogP contribution is -2.41. The van der Waals surface area contributed by atoms with Crippen LogP contribution in [0.15, 0.2) is 59.5 Å². The van der Waals surface area contributed by atoms with Crippen LogP contribution in [0.3, 0.4) is 0 Å². The Balaban J connectivity index is 1.11. The lowest BCUT2D eigenvalue weighted by molar-refractivity contribution is -0.122. The Labute approximate surface area is 210 Å². The SMILES string of the molecule is Cc1ccc(S(=O)(=O)N2CCC(CC(=O)NCCN3CCC(Cc4ccccc4)CC3)CC2)cc1. The van der Waals surface area contributed by atoms with Crippen molar-refractivity contribution in [3.63, 3.8) is 0 Å². The Morgan fingerprint density at radius 1 is 0.886 bits per heavy atom. The van der Waals surface area contributed by atoms with Crippen LogP contribution in [0.2, 0.25) is 0 Å². The minimum Gasteiger partial charge on any atom is -0.355 e. The maximum atomic E-state index is 12.9. The number of aryl methyl sites for hydroxylation is 1. The first kappa shape index (κ1) is 25.9. The summed E-state index contributed by atoms with van der Waals surface area (Å²) in [7, 11) is -3.45. The van der Waals surface area contributed by atoms with E-state index in [1.807, 2.05) is 19.1 Å². The van der Waals surface area contributed by atoms with Gasteiger partial charge >= 0.3 is 0 Å². The predicted octanol–water partition coefficient (Wildman–Crippen LogP) is 3.86. The average Bonchev–Trinajstić information content (AvgIpc) is 2.86. The van der Waals surface area contributed by atoms with Crippen LogP contribution in [-0.2, 0) is 21.2 Å². The van der Waals surface area contributed by atoms with Crippen molar-refractivity contribution in [2.45, 2.75) is 50.3 Å². The van der Waals surface area contributed by atoms with E-state index in [9.17, 15) is 13.2 Å². The number of amides is 1. The minimum atomic E-state index is -3.45. The van der Waals surface area contributed by atoms with Crippen molar-refractivity contribution in [1.29, 1.82) is 0 Å². The zero-order valence-corrected chi connectivity index (χ0v) is 21.7. The summed E-state index contributed by atoms with van der Waals surface area (Å²) in [6.07, 6.45) is 5.54. The van der Waals surface area contributed by atoms with Crippen molar-refractivity contribution in [2.75, 3.05) is 39.3 Å². The van der Waals surface area contributed by atoms with Crippen LogP contribution < -0.4 is 5.32 Å². The van der Waals surface area contributed by atoms with Crippen LogP contribution in [0, 0.1) is 18.8 Å². The molecule has 35 heavy (non-hydrogen) atoms. The zero-order chi connectivity index (χ0) is 24.7. The molecule has 6 nitrogen and oxygen atoms in total. The lowest BCUT2D eigenvalue weighted by Gasteiger charge is -2.32. The summed E-state index contributed by atoms with van der Waals surface area (Å²) in [5.41, 5.74) is 2.47. The molecule has 190 valence electrons. The summed E-state index contributed by atoms with van der Waals surface area (Å²) in [6.45, 7) is 6.68. The first-order valence-electron chi connectivity index (χ1n) is 13.0. The van der Waals surface area contributed by atoms with Gasteiger partial charge in [0.25, 0.3) is 0 Å². The number of benzene rings is 2. The van der Waals surface area contributed by atoms with Crippen LogP contribution >= 0.6 is 0 Å². The number of rotatable bonds is 9. The van der Waals surface area contributed by atoms with Gasteiger partial charge in [-0.2, -0.15) is 4.31 Å². The van der Waals surface area contributed by atoms with E-state index in [2.05, 4.69) is 40.5 Å². The van der Waals surface area contributed by atoms with Gasteiger partial charge < -0.3 is 10.2 Å². The molecule has 2 fully saturated rings. The van der Waals surface area contributed by atoms with Crippen molar-refractivity contribution in [1.82, 2.24) is 14.5 Å². The highest BCUT2D eigenvalue weighted by molar-refractivity contribution is 7.89. The van der Waals surface area contributed by atoms with Crippen molar-refractivity contribution in [2.24, 2.45) is 11.8 Å². The van der Waals surface area contributed by atoms with Gasteiger partial charge in [0.2, 0.25) is 15.9 Å². The Morgan fingerprint density at radius 3 is 2.17 bits per heavy atom. The monoisotopic (exact) mass is 497 g/mol. The fourth-order valence-corrected chi connectivity index (χ4v) is 6.73. The predicted molar refractivity (Wildman–Crippen MR) is 140 cm³/mol. The number of nitrogens with one attached hydrogen (secondary N) is 1. The number of likely N-dealkylation sites (tertiary alicyclic amines) is 1. The molecular formula is C28H39N3O3S. The maximum absolute atomic E-state index is 12.9. The highest BCUT2D eigenvalue weighted by atomic mass is 32.2. The van der Waals surface area contributed by atoms with Gasteiger partial charge in [-0.05, 0) is 81.6 Å². The first-order valence-corrected chi connectivity index (χ1v) is 14.4. The van der Waals surface area contributed by atoms with Crippen molar-refractivity contribution >= 4 is 15.9 Å². The van der Waals surface area contributed by atoms with E-state index >= 15 is 0 Å².